The van der Waals surface area contributed by atoms with E-state index < -0.39 is 0 Å². The molecule has 2 heteroatoms. The van der Waals surface area contributed by atoms with Gasteiger partial charge in [-0.2, -0.15) is 0 Å². The van der Waals surface area contributed by atoms with Gasteiger partial charge in [-0.15, -0.1) is 0 Å². The minimum Gasteiger partial charge on any atom is -0.249 e. The maximum absolute atomic E-state index is 5.14. The highest BCUT2D eigenvalue weighted by Gasteiger charge is 2.37. The SMILES string of the molecule is Cc1nc2c(ccc3ccccc32)nc1-c1cccc2c1C(C)(C)c1ccccc1-2. The van der Waals surface area contributed by atoms with Crippen LogP contribution in [0.5, 0.6) is 0 Å². The summed E-state index contributed by atoms with van der Waals surface area (Å²) in [5.41, 5.74) is 10.4. The molecule has 0 radical (unpaired) electrons. The fourth-order valence-corrected chi connectivity index (χ4v) is 5.17. The second-order valence-electron chi connectivity index (χ2n) is 8.71. The van der Waals surface area contributed by atoms with Gasteiger partial charge in [-0.3, -0.25) is 0 Å². The van der Waals surface area contributed by atoms with Gasteiger partial charge in [-0.1, -0.05) is 86.6 Å². The standard InChI is InChI=1S/C28H22N2/c1-17-26(30-24-16-15-18-9-4-5-10-19(18)27(24)29-17)22-13-8-12-21-20-11-6-7-14-23(20)28(2,3)25(21)22/h4-16H,1-3H3. The highest BCUT2D eigenvalue weighted by molar-refractivity contribution is 6.04. The van der Waals surface area contributed by atoms with Crippen molar-refractivity contribution >= 4 is 21.8 Å². The Balaban J connectivity index is 1.65. The number of benzene rings is 4. The van der Waals surface area contributed by atoms with E-state index in [4.69, 9.17) is 9.97 Å². The lowest BCUT2D eigenvalue weighted by molar-refractivity contribution is 0.661. The summed E-state index contributed by atoms with van der Waals surface area (Å²) < 4.78 is 0. The van der Waals surface area contributed by atoms with Crippen LogP contribution in [-0.4, -0.2) is 9.97 Å². The van der Waals surface area contributed by atoms with Crippen molar-refractivity contribution in [2.75, 3.05) is 0 Å². The van der Waals surface area contributed by atoms with E-state index in [0.29, 0.717) is 0 Å². The Hall–Kier alpha value is -3.52. The number of hydrogen-bond acceptors (Lipinski definition) is 2. The fourth-order valence-electron chi connectivity index (χ4n) is 5.17. The van der Waals surface area contributed by atoms with Crippen molar-refractivity contribution in [2.45, 2.75) is 26.2 Å². The van der Waals surface area contributed by atoms with E-state index >= 15 is 0 Å². The van der Waals surface area contributed by atoms with Crippen LogP contribution >= 0.6 is 0 Å². The maximum atomic E-state index is 5.14. The normalized spacial score (nSPS) is 14.1. The third-order valence-corrected chi connectivity index (χ3v) is 6.57. The molecule has 0 spiro atoms. The van der Waals surface area contributed by atoms with Gasteiger partial charge in [0, 0.05) is 16.4 Å². The summed E-state index contributed by atoms with van der Waals surface area (Å²) in [5, 5.41) is 2.35. The molecule has 4 aromatic carbocycles. The first kappa shape index (κ1) is 17.3. The van der Waals surface area contributed by atoms with E-state index in [9.17, 15) is 0 Å². The minimum atomic E-state index is -0.0744. The summed E-state index contributed by atoms with van der Waals surface area (Å²) >= 11 is 0. The van der Waals surface area contributed by atoms with Crippen molar-refractivity contribution in [1.82, 2.24) is 9.97 Å². The van der Waals surface area contributed by atoms with Gasteiger partial charge in [0.2, 0.25) is 0 Å². The van der Waals surface area contributed by atoms with Gasteiger partial charge >= 0.3 is 0 Å². The summed E-state index contributed by atoms with van der Waals surface area (Å²) in [6, 6.07) is 28.0. The Morgan fingerprint density at radius 2 is 1.40 bits per heavy atom. The summed E-state index contributed by atoms with van der Waals surface area (Å²) in [6.45, 7) is 6.72. The molecular weight excluding hydrogens is 364 g/mol. The van der Waals surface area contributed by atoms with Crippen molar-refractivity contribution in [1.29, 1.82) is 0 Å². The summed E-state index contributed by atoms with van der Waals surface area (Å²) in [6.07, 6.45) is 0. The van der Waals surface area contributed by atoms with Crippen molar-refractivity contribution in [3.8, 4) is 22.4 Å². The van der Waals surface area contributed by atoms with Crippen molar-refractivity contribution in [3.05, 3.63) is 95.7 Å². The first-order valence-corrected chi connectivity index (χ1v) is 10.5. The Morgan fingerprint density at radius 1 is 0.667 bits per heavy atom. The lowest BCUT2D eigenvalue weighted by Gasteiger charge is -2.24. The first-order chi connectivity index (χ1) is 14.6. The molecule has 30 heavy (non-hydrogen) atoms. The second kappa shape index (κ2) is 5.99. The molecule has 1 aliphatic carbocycles. The molecular formula is C28H22N2. The monoisotopic (exact) mass is 386 g/mol. The number of rotatable bonds is 1. The molecule has 0 bridgehead atoms. The van der Waals surface area contributed by atoms with Crippen LogP contribution in [0, 0.1) is 6.92 Å². The van der Waals surface area contributed by atoms with Crippen LogP contribution in [0.2, 0.25) is 0 Å². The molecule has 1 aliphatic rings. The molecule has 1 heterocycles. The van der Waals surface area contributed by atoms with E-state index in [0.717, 1.165) is 27.8 Å². The van der Waals surface area contributed by atoms with Gasteiger partial charge in [-0.25, -0.2) is 9.97 Å². The van der Waals surface area contributed by atoms with Crippen LogP contribution in [0.15, 0.2) is 78.9 Å². The van der Waals surface area contributed by atoms with Crippen LogP contribution in [-0.2, 0) is 5.41 Å². The van der Waals surface area contributed by atoms with Gasteiger partial charge in [0.25, 0.3) is 0 Å². The zero-order valence-electron chi connectivity index (χ0n) is 17.4. The highest BCUT2D eigenvalue weighted by atomic mass is 14.8. The molecule has 0 atom stereocenters. The van der Waals surface area contributed by atoms with E-state index in [1.807, 2.05) is 0 Å². The summed E-state index contributed by atoms with van der Waals surface area (Å²) in [7, 11) is 0. The summed E-state index contributed by atoms with van der Waals surface area (Å²) in [5.74, 6) is 0. The largest absolute Gasteiger partial charge is 0.249 e. The van der Waals surface area contributed by atoms with E-state index in [-0.39, 0.29) is 5.41 Å². The number of nitrogens with zero attached hydrogens (tertiary/aromatic N) is 2. The smallest absolute Gasteiger partial charge is 0.0968 e. The average Bonchev–Trinajstić information content (AvgIpc) is 3.01. The van der Waals surface area contributed by atoms with E-state index in [2.05, 4.69) is 99.6 Å². The topological polar surface area (TPSA) is 25.8 Å². The van der Waals surface area contributed by atoms with E-state index in [1.165, 1.54) is 33.2 Å². The number of fused-ring (bicyclic) bond motifs is 6. The quantitative estimate of drug-likeness (QED) is 0.288. The zero-order valence-corrected chi connectivity index (χ0v) is 17.4. The molecule has 1 aromatic heterocycles. The molecule has 0 aliphatic heterocycles. The van der Waals surface area contributed by atoms with Crippen LogP contribution in [0.4, 0.5) is 0 Å². The molecule has 0 saturated carbocycles. The second-order valence-corrected chi connectivity index (χ2v) is 8.71. The van der Waals surface area contributed by atoms with E-state index in [1.54, 1.807) is 0 Å². The molecule has 0 amide bonds. The average molecular weight is 386 g/mol. The number of aryl methyl sites for hydroxylation is 1. The van der Waals surface area contributed by atoms with Crippen molar-refractivity contribution < 1.29 is 0 Å². The molecule has 0 unspecified atom stereocenters. The van der Waals surface area contributed by atoms with Crippen molar-refractivity contribution in [3.63, 3.8) is 0 Å². The van der Waals surface area contributed by atoms with Crippen LogP contribution in [0.25, 0.3) is 44.2 Å². The Kier molecular flexibility index (Phi) is 3.47. The first-order valence-electron chi connectivity index (χ1n) is 10.5. The minimum absolute atomic E-state index is 0.0744. The maximum Gasteiger partial charge on any atom is 0.0968 e. The molecule has 2 nitrogen and oxygen atoms in total. The summed E-state index contributed by atoms with van der Waals surface area (Å²) in [4.78, 5) is 10.2. The predicted molar refractivity (Wildman–Crippen MR) is 125 cm³/mol. The van der Waals surface area contributed by atoms with Gasteiger partial charge in [-0.05, 0) is 40.6 Å². The predicted octanol–water partition coefficient (Wildman–Crippen LogP) is 7.06. The fraction of sp³-hybridized carbons (Fsp3) is 0.143. The molecule has 6 rings (SSSR count). The van der Waals surface area contributed by atoms with Crippen molar-refractivity contribution in [2.24, 2.45) is 0 Å². The third-order valence-electron chi connectivity index (χ3n) is 6.57. The lowest BCUT2D eigenvalue weighted by atomic mass is 9.79. The van der Waals surface area contributed by atoms with Gasteiger partial charge in [0.1, 0.15) is 0 Å². The molecule has 144 valence electrons. The Bertz CT molecular complexity index is 1480. The zero-order chi connectivity index (χ0) is 20.5. The molecule has 0 saturated heterocycles. The Labute approximate surface area is 176 Å². The molecule has 0 N–H and O–H groups in total. The Morgan fingerprint density at radius 3 is 2.30 bits per heavy atom. The number of hydrogen-bond donors (Lipinski definition) is 0. The van der Waals surface area contributed by atoms with Gasteiger partial charge in [0.05, 0.1) is 22.4 Å². The molecule has 5 aromatic rings. The lowest BCUT2D eigenvalue weighted by Crippen LogP contribution is -2.16. The van der Waals surface area contributed by atoms with Crippen LogP contribution < -0.4 is 0 Å². The highest BCUT2D eigenvalue weighted by Crippen LogP contribution is 2.52. The van der Waals surface area contributed by atoms with Crippen LogP contribution in [0.1, 0.15) is 30.7 Å². The van der Waals surface area contributed by atoms with Gasteiger partial charge < -0.3 is 0 Å². The van der Waals surface area contributed by atoms with Gasteiger partial charge in [0.15, 0.2) is 0 Å². The van der Waals surface area contributed by atoms with Crippen LogP contribution in [0.3, 0.4) is 0 Å². The third kappa shape index (κ3) is 2.25. The molecule has 0 fully saturated rings. The number of aromatic nitrogens is 2.